The number of carbonyl (C=O) groups excluding carboxylic acids is 1. The number of aliphatic hydroxyl groups excluding tert-OH is 1. The molecule has 2 unspecified atom stereocenters. The number of piperidine rings is 1. The Balaban J connectivity index is 2.19. The fourth-order valence-corrected chi connectivity index (χ4v) is 2.11. The van der Waals surface area contributed by atoms with Crippen LogP contribution < -0.4 is 5.73 Å². The van der Waals surface area contributed by atoms with E-state index in [4.69, 9.17) is 5.73 Å². The topological polar surface area (TPSA) is 79.5 Å². The molecule has 0 radical (unpaired) electrons. The Labute approximate surface area is 104 Å². The second-order valence-corrected chi connectivity index (χ2v) is 4.64. The van der Waals surface area contributed by atoms with Gasteiger partial charge in [0.05, 0.1) is 11.7 Å². The molecule has 5 nitrogen and oxygen atoms in total. The molecular weight excluding hydrogens is 237 g/mol. The highest BCUT2D eigenvalue weighted by Crippen LogP contribution is 2.20. The summed E-state index contributed by atoms with van der Waals surface area (Å²) in [6.07, 6.45) is 1.42. The first kappa shape index (κ1) is 12.8. The monoisotopic (exact) mass is 253 g/mol. The number of nitrogens with two attached hydrogens (primary N) is 1. The molecule has 98 valence electrons. The maximum atomic E-state index is 13.7. The highest BCUT2D eigenvalue weighted by atomic mass is 19.1. The third kappa shape index (κ3) is 2.28. The second-order valence-electron chi connectivity index (χ2n) is 4.64. The Morgan fingerprint density at radius 2 is 2.39 bits per heavy atom. The number of carbonyl (C=O) groups is 1. The minimum absolute atomic E-state index is 0.00931. The van der Waals surface area contributed by atoms with Crippen molar-refractivity contribution in [1.29, 1.82) is 0 Å². The van der Waals surface area contributed by atoms with Crippen LogP contribution in [0, 0.1) is 11.7 Å². The van der Waals surface area contributed by atoms with Crippen molar-refractivity contribution in [3.05, 3.63) is 23.6 Å². The summed E-state index contributed by atoms with van der Waals surface area (Å²) >= 11 is 0. The molecule has 1 aromatic rings. The third-order valence-electron chi connectivity index (χ3n) is 3.29. The summed E-state index contributed by atoms with van der Waals surface area (Å²) < 4.78 is 13.7. The van der Waals surface area contributed by atoms with Gasteiger partial charge in [-0.2, -0.15) is 0 Å². The fourth-order valence-electron chi connectivity index (χ4n) is 2.11. The van der Waals surface area contributed by atoms with Gasteiger partial charge in [0, 0.05) is 19.3 Å². The Morgan fingerprint density at radius 1 is 1.67 bits per heavy atom. The van der Waals surface area contributed by atoms with E-state index in [-0.39, 0.29) is 17.3 Å². The van der Waals surface area contributed by atoms with E-state index in [1.807, 2.05) is 6.92 Å². The molecule has 0 bridgehead atoms. The number of halogens is 1. The zero-order valence-corrected chi connectivity index (χ0v) is 10.1. The predicted molar refractivity (Wildman–Crippen MR) is 64.3 cm³/mol. The lowest BCUT2D eigenvalue weighted by Gasteiger charge is -2.34. The standard InChI is InChI=1S/C12H16FN3O2/c1-7-6-16(5-3-9(7)17)12(18)8-2-4-15-11(14)10(8)13/h2,4,7,9,17H,3,5-6H2,1H3,(H2,14,15). The third-order valence-corrected chi connectivity index (χ3v) is 3.29. The minimum Gasteiger partial charge on any atom is -0.393 e. The molecule has 0 spiro atoms. The first-order chi connectivity index (χ1) is 8.50. The molecule has 3 N–H and O–H groups in total. The first-order valence-electron chi connectivity index (χ1n) is 5.88. The van der Waals surface area contributed by atoms with E-state index in [0.29, 0.717) is 19.5 Å². The number of hydrogen-bond acceptors (Lipinski definition) is 4. The summed E-state index contributed by atoms with van der Waals surface area (Å²) in [6.45, 7) is 2.70. The predicted octanol–water partition coefficient (Wildman–Crippen LogP) is 0.646. The molecule has 1 aliphatic rings. The molecule has 2 atom stereocenters. The molecule has 2 rings (SSSR count). The number of nitrogen functional groups attached to an aromatic ring is 1. The quantitative estimate of drug-likeness (QED) is 0.770. The molecule has 1 aromatic heterocycles. The molecule has 1 aliphatic heterocycles. The van der Waals surface area contributed by atoms with Crippen LogP contribution in [0.15, 0.2) is 12.3 Å². The highest BCUT2D eigenvalue weighted by molar-refractivity contribution is 5.95. The van der Waals surface area contributed by atoms with E-state index in [2.05, 4.69) is 4.98 Å². The van der Waals surface area contributed by atoms with Crippen LogP contribution in [-0.2, 0) is 0 Å². The molecule has 0 aliphatic carbocycles. The molecule has 1 fully saturated rings. The normalized spacial score (nSPS) is 24.1. The SMILES string of the molecule is CC1CN(C(=O)c2ccnc(N)c2F)CCC1O. The van der Waals surface area contributed by atoms with E-state index in [9.17, 15) is 14.3 Å². The number of aromatic nitrogens is 1. The molecular formula is C12H16FN3O2. The van der Waals surface area contributed by atoms with Crippen molar-refractivity contribution in [1.82, 2.24) is 9.88 Å². The van der Waals surface area contributed by atoms with Gasteiger partial charge in [-0.3, -0.25) is 4.79 Å². The lowest BCUT2D eigenvalue weighted by Crippen LogP contribution is -2.45. The van der Waals surface area contributed by atoms with Gasteiger partial charge in [-0.05, 0) is 18.4 Å². The number of pyridine rings is 1. The van der Waals surface area contributed by atoms with Crippen LogP contribution in [0.4, 0.5) is 10.2 Å². The van der Waals surface area contributed by atoms with Gasteiger partial charge in [-0.25, -0.2) is 9.37 Å². The molecule has 0 aromatic carbocycles. The maximum absolute atomic E-state index is 13.7. The Bertz CT molecular complexity index is 467. The number of rotatable bonds is 1. The van der Waals surface area contributed by atoms with Crippen LogP contribution in [0.2, 0.25) is 0 Å². The smallest absolute Gasteiger partial charge is 0.257 e. The molecule has 6 heteroatoms. The van der Waals surface area contributed by atoms with Gasteiger partial charge in [0.15, 0.2) is 11.6 Å². The molecule has 1 amide bonds. The number of likely N-dealkylation sites (tertiary alicyclic amines) is 1. The summed E-state index contributed by atoms with van der Waals surface area (Å²) in [7, 11) is 0. The Kier molecular flexibility index (Phi) is 3.47. The fraction of sp³-hybridized carbons (Fsp3) is 0.500. The van der Waals surface area contributed by atoms with Gasteiger partial charge in [0.1, 0.15) is 0 Å². The summed E-state index contributed by atoms with van der Waals surface area (Å²) in [6, 6.07) is 1.32. The summed E-state index contributed by atoms with van der Waals surface area (Å²) in [4.78, 5) is 17.3. The number of anilines is 1. The van der Waals surface area contributed by atoms with Crippen LogP contribution in [0.5, 0.6) is 0 Å². The van der Waals surface area contributed by atoms with E-state index in [1.54, 1.807) is 0 Å². The van der Waals surface area contributed by atoms with Crippen LogP contribution in [-0.4, -0.2) is 40.1 Å². The zero-order chi connectivity index (χ0) is 13.3. The summed E-state index contributed by atoms with van der Waals surface area (Å²) in [5, 5.41) is 9.60. The zero-order valence-electron chi connectivity index (χ0n) is 10.1. The molecule has 1 saturated heterocycles. The van der Waals surface area contributed by atoms with Crippen molar-refractivity contribution >= 4 is 11.7 Å². The van der Waals surface area contributed by atoms with Crippen molar-refractivity contribution in [2.24, 2.45) is 5.92 Å². The minimum atomic E-state index is -0.777. The molecule has 2 heterocycles. The van der Waals surface area contributed by atoms with E-state index in [0.717, 1.165) is 0 Å². The van der Waals surface area contributed by atoms with Crippen molar-refractivity contribution < 1.29 is 14.3 Å². The van der Waals surface area contributed by atoms with E-state index in [1.165, 1.54) is 17.2 Å². The van der Waals surface area contributed by atoms with Crippen LogP contribution in [0.25, 0.3) is 0 Å². The number of nitrogens with zero attached hydrogens (tertiary/aromatic N) is 2. The van der Waals surface area contributed by atoms with Gasteiger partial charge in [0.25, 0.3) is 5.91 Å². The number of amides is 1. The highest BCUT2D eigenvalue weighted by Gasteiger charge is 2.29. The second kappa shape index (κ2) is 4.89. The molecule has 18 heavy (non-hydrogen) atoms. The van der Waals surface area contributed by atoms with Crippen LogP contribution in [0.1, 0.15) is 23.7 Å². The average Bonchev–Trinajstić information content (AvgIpc) is 2.35. The summed E-state index contributed by atoms with van der Waals surface area (Å²) in [5.41, 5.74) is 5.28. The Hall–Kier alpha value is -1.69. The van der Waals surface area contributed by atoms with E-state index < -0.39 is 17.8 Å². The van der Waals surface area contributed by atoms with Gasteiger partial charge in [-0.1, -0.05) is 6.92 Å². The lowest BCUT2D eigenvalue weighted by molar-refractivity contribution is 0.0295. The summed E-state index contributed by atoms with van der Waals surface area (Å²) in [5.74, 6) is -1.46. The van der Waals surface area contributed by atoms with Gasteiger partial charge >= 0.3 is 0 Å². The Morgan fingerprint density at radius 3 is 3.06 bits per heavy atom. The number of aliphatic hydroxyl groups is 1. The maximum Gasteiger partial charge on any atom is 0.257 e. The van der Waals surface area contributed by atoms with Gasteiger partial charge < -0.3 is 15.7 Å². The van der Waals surface area contributed by atoms with E-state index >= 15 is 0 Å². The van der Waals surface area contributed by atoms with Crippen LogP contribution >= 0.6 is 0 Å². The lowest BCUT2D eigenvalue weighted by atomic mass is 9.96. The van der Waals surface area contributed by atoms with Gasteiger partial charge in [-0.15, -0.1) is 0 Å². The average molecular weight is 253 g/mol. The number of hydrogen-bond donors (Lipinski definition) is 2. The molecule has 0 saturated carbocycles. The van der Waals surface area contributed by atoms with Crippen molar-refractivity contribution in [3.8, 4) is 0 Å². The van der Waals surface area contributed by atoms with Crippen molar-refractivity contribution in [2.75, 3.05) is 18.8 Å². The van der Waals surface area contributed by atoms with Gasteiger partial charge in [0.2, 0.25) is 0 Å². The van der Waals surface area contributed by atoms with Crippen molar-refractivity contribution in [2.45, 2.75) is 19.4 Å². The largest absolute Gasteiger partial charge is 0.393 e. The first-order valence-corrected chi connectivity index (χ1v) is 5.88. The van der Waals surface area contributed by atoms with Crippen molar-refractivity contribution in [3.63, 3.8) is 0 Å². The van der Waals surface area contributed by atoms with Crippen LogP contribution in [0.3, 0.4) is 0 Å².